The average molecular weight is 600 g/mol. The van der Waals surface area contributed by atoms with Crippen LogP contribution in [-0.4, -0.2) is 180 Å². The molecule has 5 heterocycles. The van der Waals surface area contributed by atoms with E-state index in [2.05, 4.69) is 41.3 Å². The molecule has 42 heavy (non-hydrogen) atoms. The van der Waals surface area contributed by atoms with E-state index in [0.717, 1.165) is 118 Å². The lowest BCUT2D eigenvalue weighted by atomic mass is 10.3. The van der Waals surface area contributed by atoms with Crippen LogP contribution in [0.4, 0.5) is 0 Å². The molecule has 2 amide bonds. The van der Waals surface area contributed by atoms with Crippen molar-refractivity contribution >= 4 is 11.8 Å². The molecular weight excluding hydrogens is 538 g/mol. The van der Waals surface area contributed by atoms with Crippen LogP contribution in [0, 0.1) is 0 Å². The fraction of sp³-hybridized carbons (Fsp3) is 0.931. The Labute approximate surface area is 254 Å². The Kier molecular flexibility index (Phi) is 20.2. The molecule has 5 fully saturated rings. The third-order valence-corrected chi connectivity index (χ3v) is 7.58. The highest BCUT2D eigenvalue weighted by Gasteiger charge is 2.21. The van der Waals surface area contributed by atoms with E-state index < -0.39 is 0 Å². The Morgan fingerprint density at radius 1 is 0.690 bits per heavy atom. The zero-order valence-electron chi connectivity index (χ0n) is 26.7. The van der Waals surface area contributed by atoms with Gasteiger partial charge in [0.2, 0.25) is 11.8 Å². The van der Waals surface area contributed by atoms with Gasteiger partial charge in [-0.25, -0.2) is 0 Å². The third kappa shape index (κ3) is 17.6. The molecule has 5 aliphatic heterocycles. The maximum absolute atomic E-state index is 11.8. The molecule has 246 valence electrons. The van der Waals surface area contributed by atoms with Gasteiger partial charge in [-0.2, -0.15) is 0 Å². The fourth-order valence-electron chi connectivity index (χ4n) is 5.14. The minimum atomic E-state index is -0.271. The van der Waals surface area contributed by atoms with Gasteiger partial charge in [0.15, 0.2) is 0 Å². The van der Waals surface area contributed by atoms with Crippen molar-refractivity contribution in [2.45, 2.75) is 45.9 Å². The lowest BCUT2D eigenvalue weighted by Crippen LogP contribution is -2.48. The average Bonchev–Trinajstić information content (AvgIpc) is 3.56. The number of carbonyl (C=O) groups excluding carboxylic acids is 2. The summed E-state index contributed by atoms with van der Waals surface area (Å²) in [4.78, 5) is 31.6. The van der Waals surface area contributed by atoms with Crippen LogP contribution in [0.25, 0.3) is 0 Å². The van der Waals surface area contributed by atoms with E-state index in [1.165, 1.54) is 12.8 Å². The smallest absolute Gasteiger partial charge is 0.236 e. The van der Waals surface area contributed by atoms with E-state index in [4.69, 9.17) is 9.84 Å². The SMILES string of the molecule is C1COCCN1.CC(C)NC(=O)CN1CCNCC1.CC(O)N1CCNCC1.O=C(CN1CCNCC1)N1CCCC1. The molecule has 0 aromatic heterocycles. The zero-order chi connectivity index (χ0) is 30.4. The molecule has 5 aliphatic rings. The number of aliphatic hydroxyl groups is 1. The highest BCUT2D eigenvalue weighted by molar-refractivity contribution is 5.78. The number of rotatable bonds is 6. The summed E-state index contributed by atoms with van der Waals surface area (Å²) in [5.41, 5.74) is 0. The third-order valence-electron chi connectivity index (χ3n) is 7.58. The highest BCUT2D eigenvalue weighted by Crippen LogP contribution is 2.08. The van der Waals surface area contributed by atoms with Crippen molar-refractivity contribution in [3.63, 3.8) is 0 Å². The molecule has 0 aromatic carbocycles. The molecule has 1 unspecified atom stereocenters. The van der Waals surface area contributed by atoms with Crippen LogP contribution in [-0.2, 0) is 14.3 Å². The van der Waals surface area contributed by atoms with E-state index in [-0.39, 0.29) is 18.2 Å². The Morgan fingerprint density at radius 3 is 1.52 bits per heavy atom. The molecule has 1 atom stereocenters. The summed E-state index contributed by atoms with van der Waals surface area (Å²) in [5, 5.41) is 24.9. The summed E-state index contributed by atoms with van der Waals surface area (Å²) in [7, 11) is 0. The van der Waals surface area contributed by atoms with Crippen molar-refractivity contribution in [3.05, 3.63) is 0 Å². The maximum Gasteiger partial charge on any atom is 0.236 e. The molecule has 13 heteroatoms. The van der Waals surface area contributed by atoms with Gasteiger partial charge in [0, 0.05) is 111 Å². The first kappa shape index (κ1) is 36.8. The quantitative estimate of drug-likeness (QED) is 0.198. The minimum absolute atomic E-state index is 0.136. The molecule has 0 aromatic rings. The highest BCUT2D eigenvalue weighted by atomic mass is 16.5. The normalized spacial score (nSPS) is 22.9. The number of likely N-dealkylation sites (tertiary alicyclic amines) is 1. The number of aliphatic hydroxyl groups excluding tert-OH is 1. The summed E-state index contributed by atoms with van der Waals surface area (Å²) in [6.07, 6.45) is 2.10. The summed E-state index contributed by atoms with van der Waals surface area (Å²) in [6.45, 7) is 24.7. The number of nitrogens with zero attached hydrogens (tertiary/aromatic N) is 4. The van der Waals surface area contributed by atoms with Crippen LogP contribution in [0.5, 0.6) is 0 Å². The Bertz CT molecular complexity index is 677. The number of nitrogens with one attached hydrogen (secondary N) is 5. The molecule has 0 bridgehead atoms. The van der Waals surface area contributed by atoms with Gasteiger partial charge in [0.05, 0.1) is 26.3 Å². The summed E-state index contributed by atoms with van der Waals surface area (Å²) in [6, 6.07) is 0.246. The monoisotopic (exact) mass is 599 g/mol. The van der Waals surface area contributed by atoms with E-state index in [1.807, 2.05) is 25.7 Å². The van der Waals surface area contributed by atoms with Gasteiger partial charge in [0.1, 0.15) is 6.23 Å². The predicted molar refractivity (Wildman–Crippen MR) is 168 cm³/mol. The van der Waals surface area contributed by atoms with E-state index in [0.29, 0.717) is 19.0 Å². The first-order valence-electron chi connectivity index (χ1n) is 16.2. The maximum atomic E-state index is 11.8. The molecule has 5 rings (SSSR count). The van der Waals surface area contributed by atoms with Gasteiger partial charge in [-0.05, 0) is 33.6 Å². The molecular formula is C29H61N9O4. The number of ether oxygens (including phenoxy) is 1. The molecule has 0 aliphatic carbocycles. The standard InChI is InChI=1S/C10H19N3O.C9H19N3O.C6H14N2O.C4H9NO/c14-10(13-5-1-2-6-13)9-12-7-3-11-4-8-12;1-8(2)11-9(13)7-12-5-3-10-4-6-12;1-6(9)8-4-2-7-3-5-8;1-3-6-4-2-5-1/h11H,1-9H2;8,10H,3-7H2,1-2H3,(H,11,13);6-7,9H,2-5H2,1H3;5H,1-4H2. The van der Waals surface area contributed by atoms with Gasteiger partial charge < -0.3 is 41.3 Å². The van der Waals surface area contributed by atoms with Crippen LogP contribution in [0.2, 0.25) is 0 Å². The van der Waals surface area contributed by atoms with Gasteiger partial charge in [0.25, 0.3) is 0 Å². The number of hydrogen-bond donors (Lipinski definition) is 6. The molecule has 13 nitrogen and oxygen atoms in total. The molecule has 0 saturated carbocycles. The fourth-order valence-corrected chi connectivity index (χ4v) is 5.14. The van der Waals surface area contributed by atoms with Crippen molar-refractivity contribution in [1.29, 1.82) is 0 Å². The topological polar surface area (TPSA) is 137 Å². The first-order chi connectivity index (χ1) is 20.3. The van der Waals surface area contributed by atoms with Crippen molar-refractivity contribution in [2.75, 3.05) is 131 Å². The second-order valence-electron chi connectivity index (χ2n) is 11.6. The zero-order valence-corrected chi connectivity index (χ0v) is 26.7. The van der Waals surface area contributed by atoms with Crippen LogP contribution in [0.1, 0.15) is 33.6 Å². The molecule has 5 saturated heterocycles. The first-order valence-corrected chi connectivity index (χ1v) is 16.2. The Hall–Kier alpha value is -1.42. The minimum Gasteiger partial charge on any atom is -0.379 e. The number of piperazine rings is 3. The van der Waals surface area contributed by atoms with E-state index in [1.54, 1.807) is 0 Å². The van der Waals surface area contributed by atoms with Crippen LogP contribution < -0.4 is 26.6 Å². The Balaban J connectivity index is 0.000000204. The van der Waals surface area contributed by atoms with Crippen molar-refractivity contribution in [3.8, 4) is 0 Å². The van der Waals surface area contributed by atoms with E-state index >= 15 is 0 Å². The second-order valence-corrected chi connectivity index (χ2v) is 11.6. The van der Waals surface area contributed by atoms with E-state index in [9.17, 15) is 9.59 Å². The number of carbonyl (C=O) groups is 2. The van der Waals surface area contributed by atoms with Crippen molar-refractivity contribution in [2.24, 2.45) is 0 Å². The Morgan fingerprint density at radius 2 is 1.14 bits per heavy atom. The number of morpholine rings is 1. The van der Waals surface area contributed by atoms with Crippen molar-refractivity contribution in [1.82, 2.24) is 46.2 Å². The number of amides is 2. The summed E-state index contributed by atoms with van der Waals surface area (Å²) >= 11 is 0. The van der Waals surface area contributed by atoms with Gasteiger partial charge in [-0.1, -0.05) is 0 Å². The summed E-state index contributed by atoms with van der Waals surface area (Å²) < 4.78 is 5.01. The number of hydrogen-bond acceptors (Lipinski definition) is 11. The second kappa shape index (κ2) is 23.0. The predicted octanol–water partition coefficient (Wildman–Crippen LogP) is -2.23. The van der Waals surface area contributed by atoms with Gasteiger partial charge in [-0.3, -0.25) is 24.3 Å². The lowest BCUT2D eigenvalue weighted by molar-refractivity contribution is -0.131. The van der Waals surface area contributed by atoms with Crippen LogP contribution >= 0.6 is 0 Å². The van der Waals surface area contributed by atoms with Crippen LogP contribution in [0.15, 0.2) is 0 Å². The lowest BCUT2D eigenvalue weighted by Gasteiger charge is -2.29. The molecule has 6 N–H and O–H groups in total. The van der Waals surface area contributed by atoms with Crippen molar-refractivity contribution < 1.29 is 19.4 Å². The van der Waals surface area contributed by atoms with Crippen LogP contribution in [0.3, 0.4) is 0 Å². The molecule has 0 radical (unpaired) electrons. The molecule has 0 spiro atoms. The van der Waals surface area contributed by atoms with Gasteiger partial charge in [-0.15, -0.1) is 0 Å². The largest absolute Gasteiger partial charge is 0.379 e. The summed E-state index contributed by atoms with van der Waals surface area (Å²) in [5.74, 6) is 0.460. The van der Waals surface area contributed by atoms with Gasteiger partial charge >= 0.3 is 0 Å².